The summed E-state index contributed by atoms with van der Waals surface area (Å²) in [7, 11) is -3.57. The molecule has 1 saturated heterocycles. The lowest BCUT2D eigenvalue weighted by atomic mass is 10.2. The van der Waals surface area contributed by atoms with Crippen LogP contribution in [0.4, 0.5) is 0 Å². The third kappa shape index (κ3) is 3.48. The highest BCUT2D eigenvalue weighted by molar-refractivity contribution is 9.10. The Balaban J connectivity index is 2.44. The first-order chi connectivity index (χ1) is 9.90. The molecule has 21 heavy (non-hydrogen) atoms. The van der Waals surface area contributed by atoms with Crippen LogP contribution in [0, 0.1) is 0 Å². The van der Waals surface area contributed by atoms with Crippen molar-refractivity contribution < 1.29 is 13.2 Å². The zero-order valence-electron chi connectivity index (χ0n) is 12.3. The third-order valence-electron chi connectivity index (χ3n) is 3.71. The number of ether oxygens (including phenoxy) is 1. The van der Waals surface area contributed by atoms with Gasteiger partial charge in [0.25, 0.3) is 0 Å². The van der Waals surface area contributed by atoms with E-state index in [2.05, 4.69) is 15.9 Å². The van der Waals surface area contributed by atoms with Crippen LogP contribution >= 0.6 is 15.9 Å². The topological polar surface area (TPSA) is 72.6 Å². The molecule has 118 valence electrons. The van der Waals surface area contributed by atoms with Gasteiger partial charge in [0.1, 0.15) is 0 Å². The molecular weight excluding hydrogens is 356 g/mol. The van der Waals surface area contributed by atoms with E-state index in [4.69, 9.17) is 10.5 Å². The molecule has 0 saturated carbocycles. The van der Waals surface area contributed by atoms with E-state index in [0.29, 0.717) is 24.2 Å². The van der Waals surface area contributed by atoms with Crippen molar-refractivity contribution in [3.05, 3.63) is 28.2 Å². The smallest absolute Gasteiger partial charge is 0.244 e. The first-order valence-corrected chi connectivity index (χ1v) is 9.25. The normalized spacial score (nSPS) is 24.2. The Hall–Kier alpha value is -0.470. The average Bonchev–Trinajstić information content (AvgIpc) is 2.47. The molecule has 2 rings (SSSR count). The summed E-state index contributed by atoms with van der Waals surface area (Å²) in [6.45, 7) is 4.98. The van der Waals surface area contributed by atoms with Crippen LogP contribution in [0.15, 0.2) is 27.6 Å². The van der Waals surface area contributed by atoms with E-state index in [9.17, 15) is 8.42 Å². The quantitative estimate of drug-likeness (QED) is 0.872. The standard InChI is InChI=1S/C14H21BrN2O3S/c1-3-12-9-20-10(2)8-17(12)21(18,19)14-6-11(7-16)4-5-13(14)15/h4-6,10,12H,3,7-9,16H2,1-2H3. The fourth-order valence-corrected chi connectivity index (χ4v) is 5.16. The first-order valence-electron chi connectivity index (χ1n) is 7.02. The Labute approximate surface area is 134 Å². The summed E-state index contributed by atoms with van der Waals surface area (Å²) in [4.78, 5) is 0.276. The van der Waals surface area contributed by atoms with E-state index < -0.39 is 10.0 Å². The lowest BCUT2D eigenvalue weighted by Crippen LogP contribution is -2.51. The van der Waals surface area contributed by atoms with Gasteiger partial charge in [-0.1, -0.05) is 13.0 Å². The van der Waals surface area contributed by atoms with Gasteiger partial charge in [-0.2, -0.15) is 4.31 Å². The van der Waals surface area contributed by atoms with E-state index >= 15 is 0 Å². The van der Waals surface area contributed by atoms with E-state index in [0.717, 1.165) is 12.0 Å². The van der Waals surface area contributed by atoms with Gasteiger partial charge in [-0.25, -0.2) is 8.42 Å². The van der Waals surface area contributed by atoms with E-state index in [1.807, 2.05) is 19.9 Å². The number of nitrogens with zero attached hydrogens (tertiary/aromatic N) is 1. The number of rotatable bonds is 4. The average molecular weight is 377 g/mol. The Morgan fingerprint density at radius 2 is 2.19 bits per heavy atom. The van der Waals surface area contributed by atoms with Crippen LogP contribution in [0.2, 0.25) is 0 Å². The monoisotopic (exact) mass is 376 g/mol. The van der Waals surface area contributed by atoms with Gasteiger partial charge in [0, 0.05) is 23.6 Å². The van der Waals surface area contributed by atoms with Crippen LogP contribution in [0.1, 0.15) is 25.8 Å². The molecular formula is C14H21BrN2O3S. The number of hydrogen-bond acceptors (Lipinski definition) is 4. The lowest BCUT2D eigenvalue weighted by molar-refractivity contribution is -0.0230. The minimum Gasteiger partial charge on any atom is -0.375 e. The lowest BCUT2D eigenvalue weighted by Gasteiger charge is -2.37. The number of benzene rings is 1. The number of morpholine rings is 1. The van der Waals surface area contributed by atoms with Crippen molar-refractivity contribution in [3.8, 4) is 0 Å². The zero-order chi connectivity index (χ0) is 15.6. The molecule has 0 radical (unpaired) electrons. The van der Waals surface area contributed by atoms with Gasteiger partial charge in [-0.15, -0.1) is 0 Å². The van der Waals surface area contributed by atoms with E-state index in [1.54, 1.807) is 16.4 Å². The van der Waals surface area contributed by atoms with Crippen molar-refractivity contribution in [2.24, 2.45) is 5.73 Å². The van der Waals surface area contributed by atoms with Crippen molar-refractivity contribution in [1.29, 1.82) is 0 Å². The minimum atomic E-state index is -3.57. The van der Waals surface area contributed by atoms with E-state index in [1.165, 1.54) is 0 Å². The van der Waals surface area contributed by atoms with Crippen LogP contribution in [-0.4, -0.2) is 38.0 Å². The van der Waals surface area contributed by atoms with Gasteiger partial charge in [0.15, 0.2) is 0 Å². The Kier molecular flexibility index (Phi) is 5.43. The minimum absolute atomic E-state index is 0.0981. The molecule has 5 nitrogen and oxygen atoms in total. The molecule has 1 aromatic rings. The van der Waals surface area contributed by atoms with Crippen molar-refractivity contribution in [2.45, 2.75) is 43.9 Å². The van der Waals surface area contributed by atoms with Gasteiger partial charge < -0.3 is 10.5 Å². The highest BCUT2D eigenvalue weighted by Crippen LogP contribution is 2.29. The van der Waals surface area contributed by atoms with Crippen LogP contribution in [0.5, 0.6) is 0 Å². The molecule has 0 bridgehead atoms. The van der Waals surface area contributed by atoms with Crippen LogP contribution < -0.4 is 5.73 Å². The maximum Gasteiger partial charge on any atom is 0.244 e. The Bertz CT molecular complexity index is 606. The highest BCUT2D eigenvalue weighted by atomic mass is 79.9. The molecule has 7 heteroatoms. The molecule has 2 unspecified atom stereocenters. The second kappa shape index (κ2) is 6.75. The largest absolute Gasteiger partial charge is 0.375 e. The summed E-state index contributed by atoms with van der Waals surface area (Å²) in [6, 6.07) is 5.08. The summed E-state index contributed by atoms with van der Waals surface area (Å²) in [5, 5.41) is 0. The predicted molar refractivity (Wildman–Crippen MR) is 85.4 cm³/mol. The first kappa shape index (κ1) is 16.9. The molecule has 2 atom stereocenters. The van der Waals surface area contributed by atoms with Crippen molar-refractivity contribution in [1.82, 2.24) is 4.31 Å². The molecule has 0 aliphatic carbocycles. The number of sulfonamides is 1. The summed E-state index contributed by atoms with van der Waals surface area (Å²) in [5.41, 5.74) is 6.42. The SMILES string of the molecule is CCC1COC(C)CN1S(=O)(=O)c1cc(CN)ccc1Br. The van der Waals surface area contributed by atoms with Gasteiger partial charge in [-0.05, 0) is 47.0 Å². The van der Waals surface area contributed by atoms with Gasteiger partial charge >= 0.3 is 0 Å². The summed E-state index contributed by atoms with van der Waals surface area (Å²) < 4.78 is 33.7. The molecule has 2 N–H and O–H groups in total. The fraction of sp³-hybridized carbons (Fsp3) is 0.571. The molecule has 0 aromatic heterocycles. The molecule has 1 aromatic carbocycles. The van der Waals surface area contributed by atoms with E-state index in [-0.39, 0.29) is 17.0 Å². The molecule has 1 heterocycles. The molecule has 0 spiro atoms. The predicted octanol–water partition coefficient (Wildman–Crippen LogP) is 2.10. The summed E-state index contributed by atoms with van der Waals surface area (Å²) >= 11 is 3.34. The fourth-order valence-electron chi connectivity index (χ4n) is 2.43. The Morgan fingerprint density at radius 1 is 1.48 bits per heavy atom. The van der Waals surface area contributed by atoms with Gasteiger partial charge in [0.2, 0.25) is 10.0 Å². The van der Waals surface area contributed by atoms with Crippen molar-refractivity contribution in [2.75, 3.05) is 13.2 Å². The number of hydrogen-bond donors (Lipinski definition) is 1. The molecule has 0 amide bonds. The summed E-state index contributed by atoms with van der Waals surface area (Å²) in [5.74, 6) is 0. The second-order valence-corrected chi connectivity index (χ2v) is 7.96. The zero-order valence-corrected chi connectivity index (χ0v) is 14.7. The molecule has 1 aliphatic heterocycles. The maximum atomic E-state index is 13.0. The number of halogens is 1. The van der Waals surface area contributed by atoms with Gasteiger partial charge in [-0.3, -0.25) is 0 Å². The summed E-state index contributed by atoms with van der Waals surface area (Å²) in [6.07, 6.45) is 0.624. The van der Waals surface area contributed by atoms with Crippen molar-refractivity contribution >= 4 is 26.0 Å². The maximum absolute atomic E-state index is 13.0. The van der Waals surface area contributed by atoms with Gasteiger partial charge in [0.05, 0.1) is 17.6 Å². The second-order valence-electron chi connectivity index (χ2n) is 5.25. The molecule has 1 fully saturated rings. The Morgan fingerprint density at radius 3 is 2.81 bits per heavy atom. The van der Waals surface area contributed by atoms with Crippen LogP contribution in [0.3, 0.4) is 0 Å². The third-order valence-corrected chi connectivity index (χ3v) is 6.62. The highest BCUT2D eigenvalue weighted by Gasteiger charge is 2.36. The number of nitrogens with two attached hydrogens (primary N) is 1. The van der Waals surface area contributed by atoms with Crippen molar-refractivity contribution in [3.63, 3.8) is 0 Å². The molecule has 1 aliphatic rings. The van der Waals surface area contributed by atoms with Crippen LogP contribution in [-0.2, 0) is 21.3 Å². The van der Waals surface area contributed by atoms with Crippen LogP contribution in [0.25, 0.3) is 0 Å².